The van der Waals surface area contributed by atoms with Crippen molar-refractivity contribution >= 4 is 34.3 Å². The van der Waals surface area contributed by atoms with E-state index in [1.807, 2.05) is 49.6 Å². The fourth-order valence-electron chi connectivity index (χ4n) is 2.68. The number of ether oxygens (including phenoxy) is 3. The lowest BCUT2D eigenvalue weighted by atomic mass is 10.1. The Bertz CT molecular complexity index is 991. The molecule has 0 aliphatic heterocycles. The first-order valence-corrected chi connectivity index (χ1v) is 10.4. The van der Waals surface area contributed by atoms with E-state index in [9.17, 15) is 0 Å². The third-order valence-electron chi connectivity index (χ3n) is 3.88. The van der Waals surface area contributed by atoms with Crippen LogP contribution < -0.4 is 19.6 Å². The van der Waals surface area contributed by atoms with Gasteiger partial charge in [0.2, 0.25) is 5.13 Å². The molecule has 1 heterocycles. The maximum atomic E-state index is 6.34. The van der Waals surface area contributed by atoms with E-state index in [-0.39, 0.29) is 0 Å². The lowest BCUT2D eigenvalue weighted by molar-refractivity contribution is 0.288. The zero-order valence-corrected chi connectivity index (χ0v) is 18.0. The minimum absolute atomic E-state index is 0.479. The second-order valence-corrected chi connectivity index (χ2v) is 7.07. The van der Waals surface area contributed by atoms with E-state index in [0.29, 0.717) is 34.9 Å². The first-order chi connectivity index (χ1) is 14.2. The van der Waals surface area contributed by atoms with Crippen molar-refractivity contribution in [3.63, 3.8) is 0 Å². The summed E-state index contributed by atoms with van der Waals surface area (Å²) in [6.45, 7) is 4.83. The lowest BCUT2D eigenvalue weighted by Gasteiger charge is -2.13. The molecule has 0 saturated heterocycles. The summed E-state index contributed by atoms with van der Waals surface area (Å²) in [6.07, 6.45) is 1.66. The standard InChI is InChI=1S/C21H22ClN3O3S/c1-4-27-19-11-14(10-16(22)20(19)28-5-2)12-23-25-21-24-17(13-29-21)15-8-6-7-9-18(15)26-3/h6-13H,4-5H2,1-3H3,(H,24,25)/b23-12-. The summed E-state index contributed by atoms with van der Waals surface area (Å²) in [5.74, 6) is 1.92. The van der Waals surface area contributed by atoms with Crippen molar-refractivity contribution in [2.24, 2.45) is 5.10 Å². The van der Waals surface area contributed by atoms with Gasteiger partial charge in [-0.2, -0.15) is 5.10 Å². The van der Waals surface area contributed by atoms with Crippen LogP contribution in [-0.4, -0.2) is 31.5 Å². The summed E-state index contributed by atoms with van der Waals surface area (Å²) in [5, 5.41) is 7.37. The highest BCUT2D eigenvalue weighted by Crippen LogP contribution is 2.36. The molecule has 0 amide bonds. The Kier molecular flexibility index (Phi) is 7.32. The molecule has 6 nitrogen and oxygen atoms in total. The van der Waals surface area contributed by atoms with Crippen molar-refractivity contribution in [1.82, 2.24) is 4.98 Å². The smallest absolute Gasteiger partial charge is 0.203 e. The Labute approximate surface area is 179 Å². The van der Waals surface area contributed by atoms with Gasteiger partial charge in [-0.3, -0.25) is 5.43 Å². The number of aromatic nitrogens is 1. The average Bonchev–Trinajstić information content (AvgIpc) is 3.19. The summed E-state index contributed by atoms with van der Waals surface area (Å²) in [5.41, 5.74) is 5.50. The van der Waals surface area contributed by atoms with Crippen LogP contribution in [0.25, 0.3) is 11.3 Å². The van der Waals surface area contributed by atoms with Crippen LogP contribution in [0.5, 0.6) is 17.2 Å². The van der Waals surface area contributed by atoms with Gasteiger partial charge in [0.05, 0.1) is 37.3 Å². The minimum atomic E-state index is 0.479. The van der Waals surface area contributed by atoms with Gasteiger partial charge in [-0.25, -0.2) is 4.98 Å². The van der Waals surface area contributed by atoms with Crippen molar-refractivity contribution in [3.8, 4) is 28.5 Å². The number of benzene rings is 2. The summed E-state index contributed by atoms with van der Waals surface area (Å²) < 4.78 is 16.6. The van der Waals surface area contributed by atoms with E-state index >= 15 is 0 Å². The van der Waals surface area contributed by atoms with E-state index in [1.54, 1.807) is 19.4 Å². The number of nitrogens with one attached hydrogen (secondary N) is 1. The Balaban J connectivity index is 1.74. The van der Waals surface area contributed by atoms with Gasteiger partial charge in [0.15, 0.2) is 11.5 Å². The molecular weight excluding hydrogens is 410 g/mol. The van der Waals surface area contributed by atoms with Crippen LogP contribution in [0, 0.1) is 0 Å². The second-order valence-electron chi connectivity index (χ2n) is 5.80. The Morgan fingerprint density at radius 3 is 2.69 bits per heavy atom. The van der Waals surface area contributed by atoms with Crippen LogP contribution in [-0.2, 0) is 0 Å². The normalized spacial score (nSPS) is 10.9. The van der Waals surface area contributed by atoms with Gasteiger partial charge in [0.25, 0.3) is 0 Å². The SMILES string of the molecule is CCOc1cc(/C=N\Nc2nc(-c3ccccc3OC)cs2)cc(Cl)c1OCC. The predicted molar refractivity (Wildman–Crippen MR) is 119 cm³/mol. The minimum Gasteiger partial charge on any atom is -0.496 e. The molecule has 3 aromatic rings. The number of thiazole rings is 1. The number of methoxy groups -OCH3 is 1. The number of hydrazone groups is 1. The maximum Gasteiger partial charge on any atom is 0.203 e. The number of anilines is 1. The number of nitrogens with zero attached hydrogens (tertiary/aromatic N) is 2. The van der Waals surface area contributed by atoms with Gasteiger partial charge < -0.3 is 14.2 Å². The Morgan fingerprint density at radius 2 is 1.93 bits per heavy atom. The summed E-state index contributed by atoms with van der Waals surface area (Å²) in [4.78, 5) is 4.57. The summed E-state index contributed by atoms with van der Waals surface area (Å²) >= 11 is 7.80. The second kappa shape index (κ2) is 10.1. The van der Waals surface area contributed by atoms with E-state index < -0.39 is 0 Å². The number of hydrogen-bond donors (Lipinski definition) is 1. The fraction of sp³-hybridized carbons (Fsp3) is 0.238. The molecule has 0 bridgehead atoms. The van der Waals surface area contributed by atoms with Crippen LogP contribution in [0.2, 0.25) is 5.02 Å². The van der Waals surface area contributed by atoms with Crippen molar-refractivity contribution in [3.05, 3.63) is 52.4 Å². The monoisotopic (exact) mass is 431 g/mol. The van der Waals surface area contributed by atoms with Crippen molar-refractivity contribution in [1.29, 1.82) is 0 Å². The summed E-state index contributed by atoms with van der Waals surface area (Å²) in [6, 6.07) is 11.4. The molecule has 2 aromatic carbocycles. The number of halogens is 1. The third-order valence-corrected chi connectivity index (χ3v) is 4.91. The third kappa shape index (κ3) is 5.19. The van der Waals surface area contributed by atoms with Crippen molar-refractivity contribution < 1.29 is 14.2 Å². The molecular formula is C21H22ClN3O3S. The number of hydrogen-bond acceptors (Lipinski definition) is 7. The first kappa shape index (κ1) is 21.0. The zero-order chi connectivity index (χ0) is 20.6. The summed E-state index contributed by atoms with van der Waals surface area (Å²) in [7, 11) is 1.65. The Hall–Kier alpha value is -2.77. The number of para-hydroxylation sites is 1. The van der Waals surface area contributed by atoms with Gasteiger partial charge in [0, 0.05) is 10.9 Å². The molecule has 1 aromatic heterocycles. The molecule has 0 spiro atoms. The van der Waals surface area contributed by atoms with E-state index in [0.717, 1.165) is 22.6 Å². The van der Waals surface area contributed by atoms with Crippen molar-refractivity contribution in [2.75, 3.05) is 25.7 Å². The maximum absolute atomic E-state index is 6.34. The molecule has 0 fully saturated rings. The van der Waals surface area contributed by atoms with Gasteiger partial charge in [0.1, 0.15) is 5.75 Å². The topological polar surface area (TPSA) is 65.0 Å². The Morgan fingerprint density at radius 1 is 1.14 bits per heavy atom. The molecule has 29 heavy (non-hydrogen) atoms. The van der Waals surface area contributed by atoms with E-state index in [2.05, 4.69) is 15.5 Å². The molecule has 1 N–H and O–H groups in total. The molecule has 0 aliphatic carbocycles. The van der Waals surface area contributed by atoms with Gasteiger partial charge in [-0.1, -0.05) is 23.7 Å². The lowest BCUT2D eigenvalue weighted by Crippen LogP contribution is -2.00. The van der Waals surface area contributed by atoms with E-state index in [1.165, 1.54) is 11.3 Å². The van der Waals surface area contributed by atoms with Gasteiger partial charge >= 0.3 is 0 Å². The molecule has 0 aliphatic rings. The predicted octanol–water partition coefficient (Wildman–Crippen LogP) is 5.72. The molecule has 0 atom stereocenters. The molecule has 3 rings (SSSR count). The highest BCUT2D eigenvalue weighted by Gasteiger charge is 2.12. The van der Waals surface area contributed by atoms with Crippen LogP contribution >= 0.6 is 22.9 Å². The van der Waals surface area contributed by atoms with Crippen LogP contribution in [0.3, 0.4) is 0 Å². The molecule has 152 valence electrons. The molecule has 0 radical (unpaired) electrons. The van der Waals surface area contributed by atoms with Crippen molar-refractivity contribution in [2.45, 2.75) is 13.8 Å². The molecule has 0 saturated carbocycles. The molecule has 8 heteroatoms. The van der Waals surface area contributed by atoms with Crippen LogP contribution in [0.15, 0.2) is 46.9 Å². The van der Waals surface area contributed by atoms with Crippen LogP contribution in [0.4, 0.5) is 5.13 Å². The first-order valence-electron chi connectivity index (χ1n) is 9.13. The quantitative estimate of drug-likeness (QED) is 0.347. The number of rotatable bonds is 9. The molecule has 0 unspecified atom stereocenters. The zero-order valence-electron chi connectivity index (χ0n) is 16.4. The van der Waals surface area contributed by atoms with Gasteiger partial charge in [-0.15, -0.1) is 11.3 Å². The van der Waals surface area contributed by atoms with Crippen LogP contribution in [0.1, 0.15) is 19.4 Å². The largest absolute Gasteiger partial charge is 0.496 e. The van der Waals surface area contributed by atoms with E-state index in [4.69, 9.17) is 25.8 Å². The average molecular weight is 432 g/mol. The van der Waals surface area contributed by atoms with Gasteiger partial charge in [-0.05, 0) is 43.7 Å². The highest BCUT2D eigenvalue weighted by molar-refractivity contribution is 7.14. The fourth-order valence-corrected chi connectivity index (χ4v) is 3.61. The highest BCUT2D eigenvalue weighted by atomic mass is 35.5.